The van der Waals surface area contributed by atoms with E-state index in [0.29, 0.717) is 39.3 Å². The molecule has 0 bridgehead atoms. The Hall–Kier alpha value is -3.86. The lowest BCUT2D eigenvalue weighted by molar-refractivity contribution is -0.137. The van der Waals surface area contributed by atoms with Gasteiger partial charge in [0.25, 0.3) is 5.91 Å². The first-order valence-corrected chi connectivity index (χ1v) is 11.6. The first kappa shape index (κ1) is 25.2. The summed E-state index contributed by atoms with van der Waals surface area (Å²) >= 11 is 1.24. The molecule has 0 unspecified atom stereocenters. The van der Waals surface area contributed by atoms with Crippen molar-refractivity contribution in [3.05, 3.63) is 101 Å². The molecule has 186 valence electrons. The Morgan fingerprint density at radius 3 is 2.39 bits per heavy atom. The molecule has 0 aliphatic carbocycles. The number of rotatable bonds is 8. The number of amides is 1. The molecule has 0 saturated heterocycles. The number of alkyl halides is 3. The van der Waals surface area contributed by atoms with Gasteiger partial charge in [-0.1, -0.05) is 23.9 Å². The molecule has 0 atom stereocenters. The van der Waals surface area contributed by atoms with Crippen LogP contribution in [0.25, 0.3) is 5.69 Å². The molecule has 0 radical (unpaired) electrons. The van der Waals surface area contributed by atoms with Crippen LogP contribution in [0.4, 0.5) is 17.6 Å². The van der Waals surface area contributed by atoms with Crippen molar-refractivity contribution in [2.24, 2.45) is 0 Å². The molecule has 4 aromatic rings. The van der Waals surface area contributed by atoms with Crippen LogP contribution in [0.5, 0.6) is 5.75 Å². The second-order valence-electron chi connectivity index (χ2n) is 7.61. The van der Waals surface area contributed by atoms with Gasteiger partial charge in [0.15, 0.2) is 11.0 Å². The van der Waals surface area contributed by atoms with Crippen molar-refractivity contribution in [1.82, 2.24) is 20.1 Å². The summed E-state index contributed by atoms with van der Waals surface area (Å²) in [5.41, 5.74) is 0.708. The summed E-state index contributed by atoms with van der Waals surface area (Å²) in [4.78, 5) is 12.6. The topological polar surface area (TPSA) is 69.0 Å². The van der Waals surface area contributed by atoms with Crippen LogP contribution >= 0.6 is 11.8 Å². The molecule has 4 rings (SSSR count). The number of thioether (sulfide) groups is 1. The summed E-state index contributed by atoms with van der Waals surface area (Å²) in [6.45, 7) is -0.0284. The highest BCUT2D eigenvalue weighted by Gasteiger charge is 2.30. The van der Waals surface area contributed by atoms with Crippen molar-refractivity contribution in [2.75, 3.05) is 7.11 Å². The highest BCUT2D eigenvalue weighted by atomic mass is 32.2. The summed E-state index contributed by atoms with van der Waals surface area (Å²) in [6, 6.07) is 17.2. The monoisotopic (exact) mass is 516 g/mol. The van der Waals surface area contributed by atoms with Gasteiger partial charge in [-0.15, -0.1) is 10.2 Å². The van der Waals surface area contributed by atoms with E-state index >= 15 is 0 Å². The van der Waals surface area contributed by atoms with Crippen molar-refractivity contribution in [3.8, 4) is 11.4 Å². The van der Waals surface area contributed by atoms with Crippen LogP contribution in [0.3, 0.4) is 0 Å². The Balaban J connectivity index is 1.58. The van der Waals surface area contributed by atoms with Gasteiger partial charge in [0.1, 0.15) is 11.6 Å². The number of nitrogens with zero attached hydrogens (tertiary/aromatic N) is 3. The zero-order valence-corrected chi connectivity index (χ0v) is 19.7. The number of methoxy groups -OCH3 is 1. The average Bonchev–Trinajstić information content (AvgIpc) is 3.28. The van der Waals surface area contributed by atoms with Gasteiger partial charge in [-0.25, -0.2) is 4.39 Å². The number of hydrogen-bond donors (Lipinski definition) is 1. The second kappa shape index (κ2) is 10.8. The minimum Gasteiger partial charge on any atom is -0.497 e. The van der Waals surface area contributed by atoms with Crippen LogP contribution in [-0.4, -0.2) is 27.8 Å². The van der Waals surface area contributed by atoms with Gasteiger partial charge in [0, 0.05) is 17.0 Å². The van der Waals surface area contributed by atoms with E-state index in [9.17, 15) is 22.4 Å². The molecular weight excluding hydrogens is 496 g/mol. The van der Waals surface area contributed by atoms with E-state index in [1.807, 2.05) is 0 Å². The summed E-state index contributed by atoms with van der Waals surface area (Å²) in [7, 11) is 1.52. The van der Waals surface area contributed by atoms with Gasteiger partial charge in [0.05, 0.1) is 19.2 Å². The molecule has 0 aliphatic rings. The van der Waals surface area contributed by atoms with E-state index in [-0.39, 0.29) is 18.3 Å². The zero-order chi connectivity index (χ0) is 25.7. The molecule has 6 nitrogen and oxygen atoms in total. The number of carbonyl (C=O) groups excluding carboxylic acids is 1. The van der Waals surface area contributed by atoms with Gasteiger partial charge in [0.2, 0.25) is 0 Å². The van der Waals surface area contributed by atoms with Crippen molar-refractivity contribution in [1.29, 1.82) is 0 Å². The molecular formula is C25H20F4N4O2S. The van der Waals surface area contributed by atoms with E-state index < -0.39 is 11.7 Å². The van der Waals surface area contributed by atoms with Crippen LogP contribution in [0.1, 0.15) is 27.3 Å². The molecule has 1 N–H and O–H groups in total. The largest absolute Gasteiger partial charge is 0.497 e. The number of ether oxygens (including phenoxy) is 1. The Labute approximate surface area is 208 Å². The Morgan fingerprint density at radius 2 is 1.75 bits per heavy atom. The number of hydrogen-bond acceptors (Lipinski definition) is 5. The average molecular weight is 517 g/mol. The van der Waals surface area contributed by atoms with Gasteiger partial charge in [-0.05, 0) is 66.2 Å². The third-order valence-electron chi connectivity index (χ3n) is 5.17. The van der Waals surface area contributed by atoms with Crippen LogP contribution in [0.2, 0.25) is 0 Å². The van der Waals surface area contributed by atoms with Crippen LogP contribution < -0.4 is 10.1 Å². The Morgan fingerprint density at radius 1 is 1.03 bits per heavy atom. The lowest BCUT2D eigenvalue weighted by Gasteiger charge is -2.13. The maximum absolute atomic E-state index is 13.6. The smallest absolute Gasteiger partial charge is 0.416 e. The van der Waals surface area contributed by atoms with Gasteiger partial charge >= 0.3 is 6.18 Å². The molecule has 0 aliphatic heterocycles. The van der Waals surface area contributed by atoms with Crippen molar-refractivity contribution in [2.45, 2.75) is 23.6 Å². The second-order valence-corrected chi connectivity index (χ2v) is 8.55. The van der Waals surface area contributed by atoms with E-state index in [2.05, 4.69) is 15.5 Å². The Kier molecular flexibility index (Phi) is 7.58. The fourth-order valence-corrected chi connectivity index (χ4v) is 4.26. The van der Waals surface area contributed by atoms with Gasteiger partial charge in [-0.2, -0.15) is 13.2 Å². The fraction of sp³-hybridized carbons (Fsp3) is 0.160. The van der Waals surface area contributed by atoms with Crippen molar-refractivity contribution < 1.29 is 27.1 Å². The maximum atomic E-state index is 13.6. The number of aromatic nitrogens is 3. The highest BCUT2D eigenvalue weighted by molar-refractivity contribution is 7.98. The van der Waals surface area contributed by atoms with Gasteiger partial charge in [-0.3, -0.25) is 9.36 Å². The summed E-state index contributed by atoms with van der Waals surface area (Å²) < 4.78 is 59.4. The predicted octanol–water partition coefficient (Wildman–Crippen LogP) is 5.66. The Bertz CT molecular complexity index is 1340. The van der Waals surface area contributed by atoms with Gasteiger partial charge < -0.3 is 10.1 Å². The van der Waals surface area contributed by atoms with E-state index in [1.165, 1.54) is 43.1 Å². The first-order chi connectivity index (χ1) is 17.2. The van der Waals surface area contributed by atoms with Crippen LogP contribution in [0.15, 0.2) is 78.0 Å². The van der Waals surface area contributed by atoms with Crippen molar-refractivity contribution >= 4 is 17.7 Å². The quantitative estimate of drug-likeness (QED) is 0.242. The molecule has 11 heteroatoms. The molecule has 3 aromatic carbocycles. The van der Waals surface area contributed by atoms with Crippen LogP contribution in [0, 0.1) is 5.82 Å². The molecule has 0 spiro atoms. The van der Waals surface area contributed by atoms with E-state index in [4.69, 9.17) is 4.74 Å². The van der Waals surface area contributed by atoms with Crippen LogP contribution in [-0.2, 0) is 18.5 Å². The number of nitrogens with one attached hydrogen (secondary N) is 1. The number of halogens is 4. The number of carbonyl (C=O) groups is 1. The molecule has 1 aromatic heterocycles. The predicted molar refractivity (Wildman–Crippen MR) is 126 cm³/mol. The lowest BCUT2D eigenvalue weighted by atomic mass is 10.2. The maximum Gasteiger partial charge on any atom is 0.416 e. The van der Waals surface area contributed by atoms with Crippen molar-refractivity contribution in [3.63, 3.8) is 0 Å². The molecule has 1 amide bonds. The highest BCUT2D eigenvalue weighted by Crippen LogP contribution is 2.31. The normalized spacial score (nSPS) is 11.4. The summed E-state index contributed by atoms with van der Waals surface area (Å²) in [5, 5.41) is 11.4. The standard InChI is InChI=1S/C25H20F4N4O2S/c1-35-21-11-5-17(6-12-21)23(34)30-14-22-31-32-24(36-15-16-3-2-4-19(26)13-16)33(22)20-9-7-18(8-10-20)25(27,28)29/h2-13H,14-15H2,1H3,(H,30,34). The van der Waals surface area contributed by atoms with E-state index in [0.717, 1.165) is 12.1 Å². The lowest BCUT2D eigenvalue weighted by Crippen LogP contribution is -2.24. The SMILES string of the molecule is COc1ccc(C(=O)NCc2nnc(SCc3cccc(F)c3)n2-c2ccc(C(F)(F)F)cc2)cc1. The minimum absolute atomic E-state index is 0.0284. The number of benzene rings is 3. The van der Waals surface area contributed by atoms with E-state index in [1.54, 1.807) is 41.0 Å². The minimum atomic E-state index is -4.48. The fourth-order valence-electron chi connectivity index (χ4n) is 3.35. The molecule has 1 heterocycles. The zero-order valence-electron chi connectivity index (χ0n) is 18.9. The summed E-state index contributed by atoms with van der Waals surface area (Å²) in [5.74, 6) is 0.536. The molecule has 0 saturated carbocycles. The summed E-state index contributed by atoms with van der Waals surface area (Å²) in [6.07, 6.45) is -4.48. The third kappa shape index (κ3) is 6.03. The molecule has 0 fully saturated rings. The first-order valence-electron chi connectivity index (χ1n) is 10.7. The third-order valence-corrected chi connectivity index (χ3v) is 6.17. The molecule has 36 heavy (non-hydrogen) atoms.